The summed E-state index contributed by atoms with van der Waals surface area (Å²) in [7, 11) is 0. The van der Waals surface area contributed by atoms with Gasteiger partial charge < -0.3 is 10.6 Å². The first kappa shape index (κ1) is 16.0. The Bertz CT molecular complexity index is 749. The summed E-state index contributed by atoms with van der Waals surface area (Å²) >= 11 is 11.8. The van der Waals surface area contributed by atoms with E-state index in [0.29, 0.717) is 22.2 Å². The van der Waals surface area contributed by atoms with E-state index < -0.39 is 17.7 Å². The van der Waals surface area contributed by atoms with Gasteiger partial charge in [-0.2, -0.15) is 0 Å². The molecule has 120 valence electrons. The van der Waals surface area contributed by atoms with Crippen molar-refractivity contribution in [3.8, 4) is 0 Å². The standard InChI is InChI=1S/C16H12Cl2F2N2O/c17-8-4-5-10(18)14(6-8)22-16(23)21-13-7-9(13)15-11(19)2-1-3-12(15)20/h1-6,9,13H,7H2,(H2,21,22,23). The number of nitrogens with one attached hydrogen (secondary N) is 2. The lowest BCUT2D eigenvalue weighted by atomic mass is 10.1. The minimum atomic E-state index is -0.599. The van der Waals surface area contributed by atoms with Crippen molar-refractivity contribution >= 4 is 34.9 Å². The molecule has 1 aliphatic rings. The van der Waals surface area contributed by atoms with Crippen LogP contribution >= 0.6 is 23.2 Å². The van der Waals surface area contributed by atoms with Crippen LogP contribution in [0.5, 0.6) is 0 Å². The Kier molecular flexibility index (Phi) is 4.41. The van der Waals surface area contributed by atoms with Gasteiger partial charge in [0.25, 0.3) is 0 Å². The number of rotatable bonds is 3. The van der Waals surface area contributed by atoms with Gasteiger partial charge in [0.15, 0.2) is 0 Å². The zero-order chi connectivity index (χ0) is 16.6. The van der Waals surface area contributed by atoms with Crippen LogP contribution in [0.1, 0.15) is 17.9 Å². The Labute approximate surface area is 141 Å². The van der Waals surface area contributed by atoms with E-state index in [4.69, 9.17) is 23.2 Å². The van der Waals surface area contributed by atoms with Crippen molar-refractivity contribution in [1.82, 2.24) is 5.32 Å². The molecule has 2 unspecified atom stereocenters. The quantitative estimate of drug-likeness (QED) is 0.802. The van der Waals surface area contributed by atoms with Crippen LogP contribution in [0.15, 0.2) is 36.4 Å². The second kappa shape index (κ2) is 6.34. The molecule has 3 rings (SSSR count). The second-order valence-corrected chi connectivity index (χ2v) is 6.15. The molecule has 2 aromatic carbocycles. The molecule has 1 saturated carbocycles. The number of amides is 2. The molecule has 0 spiro atoms. The van der Waals surface area contributed by atoms with Gasteiger partial charge in [0, 0.05) is 22.5 Å². The van der Waals surface area contributed by atoms with Crippen LogP contribution in [0.2, 0.25) is 10.0 Å². The van der Waals surface area contributed by atoms with E-state index in [0.717, 1.165) is 0 Å². The molecule has 0 bridgehead atoms. The molecule has 0 radical (unpaired) electrons. The number of hydrogen-bond donors (Lipinski definition) is 2. The van der Waals surface area contributed by atoms with Crippen molar-refractivity contribution in [2.24, 2.45) is 0 Å². The zero-order valence-electron chi connectivity index (χ0n) is 11.7. The van der Waals surface area contributed by atoms with E-state index in [2.05, 4.69) is 10.6 Å². The van der Waals surface area contributed by atoms with Gasteiger partial charge in [-0.15, -0.1) is 0 Å². The SMILES string of the molecule is O=C(Nc1cc(Cl)ccc1Cl)NC1CC1c1c(F)cccc1F. The van der Waals surface area contributed by atoms with E-state index in [1.54, 1.807) is 12.1 Å². The van der Waals surface area contributed by atoms with Crippen LogP contribution in [-0.4, -0.2) is 12.1 Å². The molecule has 0 aliphatic heterocycles. The Morgan fingerprint density at radius 1 is 1.13 bits per heavy atom. The summed E-state index contributed by atoms with van der Waals surface area (Å²) in [5.74, 6) is -1.56. The molecule has 0 saturated heterocycles. The van der Waals surface area contributed by atoms with Gasteiger partial charge in [0.2, 0.25) is 0 Å². The van der Waals surface area contributed by atoms with Crippen LogP contribution in [0.25, 0.3) is 0 Å². The summed E-state index contributed by atoms with van der Waals surface area (Å²) in [5.41, 5.74) is 0.379. The highest BCUT2D eigenvalue weighted by Crippen LogP contribution is 2.43. The molecule has 2 N–H and O–H groups in total. The minimum absolute atomic E-state index is 0.0126. The summed E-state index contributed by atoms with van der Waals surface area (Å²) in [6, 6.07) is 7.59. The molecule has 0 aromatic heterocycles. The Morgan fingerprint density at radius 3 is 2.52 bits per heavy atom. The third kappa shape index (κ3) is 3.57. The Morgan fingerprint density at radius 2 is 1.83 bits per heavy atom. The van der Waals surface area contributed by atoms with Gasteiger partial charge in [-0.1, -0.05) is 29.3 Å². The van der Waals surface area contributed by atoms with Crippen molar-refractivity contribution in [2.45, 2.75) is 18.4 Å². The highest BCUT2D eigenvalue weighted by Gasteiger charge is 2.42. The van der Waals surface area contributed by atoms with E-state index in [-0.39, 0.29) is 17.5 Å². The zero-order valence-corrected chi connectivity index (χ0v) is 13.3. The monoisotopic (exact) mass is 356 g/mol. The molecular formula is C16H12Cl2F2N2O. The number of anilines is 1. The van der Waals surface area contributed by atoms with Crippen LogP contribution in [-0.2, 0) is 0 Å². The molecule has 1 fully saturated rings. The fourth-order valence-corrected chi connectivity index (χ4v) is 2.80. The van der Waals surface area contributed by atoms with E-state index in [1.807, 2.05) is 0 Å². The predicted octanol–water partition coefficient (Wildman–Crippen LogP) is 4.95. The Hall–Kier alpha value is -1.85. The van der Waals surface area contributed by atoms with Gasteiger partial charge in [-0.3, -0.25) is 0 Å². The lowest BCUT2D eigenvalue weighted by molar-refractivity contribution is 0.251. The molecule has 0 heterocycles. The molecule has 1 aliphatic carbocycles. The summed E-state index contributed by atoms with van der Waals surface area (Å²) in [6.07, 6.45) is 0.481. The Balaban J connectivity index is 1.63. The number of hydrogen-bond acceptors (Lipinski definition) is 1. The predicted molar refractivity (Wildman–Crippen MR) is 86.1 cm³/mol. The fraction of sp³-hybridized carbons (Fsp3) is 0.188. The second-order valence-electron chi connectivity index (χ2n) is 5.31. The van der Waals surface area contributed by atoms with E-state index in [9.17, 15) is 13.6 Å². The van der Waals surface area contributed by atoms with Crippen LogP contribution < -0.4 is 10.6 Å². The summed E-state index contributed by atoms with van der Waals surface area (Å²) in [5, 5.41) is 6.01. The van der Waals surface area contributed by atoms with Crippen molar-refractivity contribution in [3.05, 3.63) is 63.6 Å². The van der Waals surface area contributed by atoms with Crippen molar-refractivity contribution in [3.63, 3.8) is 0 Å². The van der Waals surface area contributed by atoms with Gasteiger partial charge in [-0.25, -0.2) is 13.6 Å². The third-order valence-corrected chi connectivity index (χ3v) is 4.22. The normalized spacial score (nSPS) is 19.3. The molecule has 2 atom stereocenters. The smallest absolute Gasteiger partial charge is 0.319 e. The highest BCUT2D eigenvalue weighted by molar-refractivity contribution is 6.35. The fourth-order valence-electron chi connectivity index (χ4n) is 2.46. The molecule has 2 aromatic rings. The van der Waals surface area contributed by atoms with E-state index in [1.165, 1.54) is 24.3 Å². The third-order valence-electron chi connectivity index (χ3n) is 3.65. The topological polar surface area (TPSA) is 41.1 Å². The number of benzene rings is 2. The van der Waals surface area contributed by atoms with Crippen molar-refractivity contribution < 1.29 is 13.6 Å². The lowest BCUT2D eigenvalue weighted by Gasteiger charge is -2.10. The van der Waals surface area contributed by atoms with Crippen LogP contribution in [0.3, 0.4) is 0 Å². The minimum Gasteiger partial charge on any atom is -0.334 e. The summed E-state index contributed by atoms with van der Waals surface area (Å²) < 4.78 is 27.4. The maximum atomic E-state index is 13.7. The number of halogens is 4. The maximum Gasteiger partial charge on any atom is 0.319 e. The average Bonchev–Trinajstić information content (AvgIpc) is 3.21. The molecule has 7 heteroatoms. The lowest BCUT2D eigenvalue weighted by Crippen LogP contribution is -2.31. The summed E-state index contributed by atoms with van der Waals surface area (Å²) in [4.78, 5) is 12.0. The number of carbonyl (C=O) groups is 1. The van der Waals surface area contributed by atoms with Gasteiger partial charge in [0.05, 0.1) is 10.7 Å². The highest BCUT2D eigenvalue weighted by atomic mass is 35.5. The van der Waals surface area contributed by atoms with Gasteiger partial charge >= 0.3 is 6.03 Å². The van der Waals surface area contributed by atoms with E-state index >= 15 is 0 Å². The first-order valence-electron chi connectivity index (χ1n) is 6.92. The van der Waals surface area contributed by atoms with Crippen LogP contribution in [0.4, 0.5) is 19.3 Å². The van der Waals surface area contributed by atoms with Crippen LogP contribution in [0, 0.1) is 11.6 Å². The summed E-state index contributed by atoms with van der Waals surface area (Å²) in [6.45, 7) is 0. The molecule has 3 nitrogen and oxygen atoms in total. The van der Waals surface area contributed by atoms with Gasteiger partial charge in [-0.05, 0) is 36.8 Å². The number of carbonyl (C=O) groups excluding carboxylic acids is 1. The largest absolute Gasteiger partial charge is 0.334 e. The van der Waals surface area contributed by atoms with Gasteiger partial charge in [0.1, 0.15) is 11.6 Å². The number of urea groups is 1. The van der Waals surface area contributed by atoms with Crippen molar-refractivity contribution in [1.29, 1.82) is 0 Å². The molecule has 2 amide bonds. The van der Waals surface area contributed by atoms with Crippen molar-refractivity contribution in [2.75, 3.05) is 5.32 Å². The average molecular weight is 357 g/mol. The molecule has 23 heavy (non-hydrogen) atoms. The first-order chi connectivity index (χ1) is 11.0. The first-order valence-corrected chi connectivity index (χ1v) is 7.68. The molecular weight excluding hydrogens is 345 g/mol. The maximum absolute atomic E-state index is 13.7.